The number of nitrogens with one attached hydrogen (secondary N) is 1. The summed E-state index contributed by atoms with van der Waals surface area (Å²) in [6, 6.07) is 10.2. The maximum absolute atomic E-state index is 12.8. The van der Waals surface area contributed by atoms with Gasteiger partial charge in [0.1, 0.15) is 10.7 Å². The van der Waals surface area contributed by atoms with Crippen LogP contribution in [0.25, 0.3) is 21.3 Å². The zero-order valence-corrected chi connectivity index (χ0v) is 15.3. The zero-order chi connectivity index (χ0) is 17.2. The fourth-order valence-corrected chi connectivity index (χ4v) is 4.60. The molecule has 1 unspecified atom stereocenters. The predicted octanol–water partition coefficient (Wildman–Crippen LogP) is 4.59. The number of hydrogen-bond acceptors (Lipinski definition) is 4. The number of aromatic amines is 1. The van der Waals surface area contributed by atoms with Crippen LogP contribution in [0.1, 0.15) is 44.5 Å². The number of nitrogens with zero attached hydrogens (tertiary/aromatic N) is 2. The Labute approximate surface area is 151 Å². The molecule has 0 radical (unpaired) electrons. The van der Waals surface area contributed by atoms with Crippen LogP contribution in [-0.2, 0) is 0 Å². The summed E-state index contributed by atoms with van der Waals surface area (Å²) in [7, 11) is 0. The molecule has 1 aliphatic rings. The summed E-state index contributed by atoms with van der Waals surface area (Å²) in [5.74, 6) is 0.792. The number of aromatic nitrogens is 2. The lowest BCUT2D eigenvalue weighted by atomic mass is 10.1. The Morgan fingerprint density at radius 1 is 1.12 bits per heavy atom. The van der Waals surface area contributed by atoms with E-state index in [1.807, 2.05) is 35.7 Å². The van der Waals surface area contributed by atoms with Crippen molar-refractivity contribution in [1.29, 1.82) is 0 Å². The predicted molar refractivity (Wildman–Crippen MR) is 104 cm³/mol. The lowest BCUT2D eigenvalue weighted by molar-refractivity contribution is 0.211. The van der Waals surface area contributed by atoms with Gasteiger partial charge in [-0.1, -0.05) is 43.2 Å². The standard InChI is InChI=1S/C20H23N3OS/c1-14(23-11-7-2-3-8-12-23)18-21-19(24)17-16(13-25-20(17)22-18)15-9-5-4-6-10-15/h4-6,9-10,13-14H,2-3,7-8,11-12H2,1H3,(H,21,22,24). The lowest BCUT2D eigenvalue weighted by Gasteiger charge is -2.26. The largest absolute Gasteiger partial charge is 0.309 e. The summed E-state index contributed by atoms with van der Waals surface area (Å²) in [6.45, 7) is 4.33. The van der Waals surface area contributed by atoms with Gasteiger partial charge in [0, 0.05) is 10.9 Å². The highest BCUT2D eigenvalue weighted by Gasteiger charge is 2.21. The molecule has 1 saturated heterocycles. The number of fused-ring (bicyclic) bond motifs is 1. The summed E-state index contributed by atoms with van der Waals surface area (Å²) in [6.07, 6.45) is 5.07. The number of H-pyrrole nitrogens is 1. The van der Waals surface area contributed by atoms with E-state index < -0.39 is 0 Å². The minimum atomic E-state index is -0.0261. The van der Waals surface area contributed by atoms with Crippen LogP contribution in [0.3, 0.4) is 0 Å². The van der Waals surface area contributed by atoms with Crippen molar-refractivity contribution in [2.75, 3.05) is 13.1 Å². The van der Waals surface area contributed by atoms with Crippen molar-refractivity contribution in [3.63, 3.8) is 0 Å². The average molecular weight is 353 g/mol. The van der Waals surface area contributed by atoms with Crippen LogP contribution in [0.5, 0.6) is 0 Å². The number of likely N-dealkylation sites (tertiary alicyclic amines) is 1. The van der Waals surface area contributed by atoms with Gasteiger partial charge in [0.2, 0.25) is 0 Å². The second-order valence-electron chi connectivity index (χ2n) is 6.77. The molecule has 25 heavy (non-hydrogen) atoms. The maximum Gasteiger partial charge on any atom is 0.260 e. The Kier molecular flexibility index (Phi) is 4.68. The highest BCUT2D eigenvalue weighted by Crippen LogP contribution is 2.31. The molecule has 0 bridgehead atoms. The normalized spacial score (nSPS) is 17.5. The fourth-order valence-electron chi connectivity index (χ4n) is 3.65. The van der Waals surface area contributed by atoms with Crippen LogP contribution in [-0.4, -0.2) is 28.0 Å². The first-order valence-corrected chi connectivity index (χ1v) is 9.93. The van der Waals surface area contributed by atoms with Crippen molar-refractivity contribution in [2.24, 2.45) is 0 Å². The molecule has 0 amide bonds. The van der Waals surface area contributed by atoms with Gasteiger partial charge in [0.15, 0.2) is 0 Å². The molecule has 130 valence electrons. The Bertz CT molecular complexity index is 908. The summed E-state index contributed by atoms with van der Waals surface area (Å²) < 4.78 is 0. The minimum Gasteiger partial charge on any atom is -0.309 e. The van der Waals surface area contributed by atoms with Crippen LogP contribution in [0, 0.1) is 0 Å². The molecule has 0 aliphatic carbocycles. The van der Waals surface area contributed by atoms with Crippen molar-refractivity contribution in [2.45, 2.75) is 38.6 Å². The maximum atomic E-state index is 12.8. The summed E-state index contributed by atoms with van der Waals surface area (Å²) >= 11 is 1.56. The van der Waals surface area contributed by atoms with Crippen molar-refractivity contribution in [1.82, 2.24) is 14.9 Å². The third kappa shape index (κ3) is 3.26. The molecule has 4 nitrogen and oxygen atoms in total. The second-order valence-corrected chi connectivity index (χ2v) is 7.63. The van der Waals surface area contributed by atoms with Gasteiger partial charge in [0.25, 0.3) is 5.56 Å². The summed E-state index contributed by atoms with van der Waals surface area (Å²) in [5, 5.41) is 2.76. The van der Waals surface area contributed by atoms with Gasteiger partial charge in [-0.25, -0.2) is 4.98 Å². The molecule has 0 spiro atoms. The highest BCUT2D eigenvalue weighted by molar-refractivity contribution is 7.17. The van der Waals surface area contributed by atoms with E-state index in [1.165, 1.54) is 25.7 Å². The fraction of sp³-hybridized carbons (Fsp3) is 0.400. The van der Waals surface area contributed by atoms with E-state index in [0.717, 1.165) is 34.9 Å². The number of benzene rings is 1. The van der Waals surface area contributed by atoms with Gasteiger partial charge >= 0.3 is 0 Å². The van der Waals surface area contributed by atoms with Crippen molar-refractivity contribution in [3.8, 4) is 11.1 Å². The van der Waals surface area contributed by atoms with Gasteiger partial charge in [-0.2, -0.15) is 0 Å². The van der Waals surface area contributed by atoms with Crippen molar-refractivity contribution in [3.05, 3.63) is 51.9 Å². The van der Waals surface area contributed by atoms with E-state index in [4.69, 9.17) is 4.98 Å². The van der Waals surface area contributed by atoms with Crippen LogP contribution in [0.15, 0.2) is 40.5 Å². The molecule has 1 N–H and O–H groups in total. The van der Waals surface area contributed by atoms with E-state index in [9.17, 15) is 4.79 Å². The van der Waals surface area contributed by atoms with Gasteiger partial charge in [-0.3, -0.25) is 9.69 Å². The smallest absolute Gasteiger partial charge is 0.260 e. The molecular formula is C20H23N3OS. The van der Waals surface area contributed by atoms with Gasteiger partial charge in [-0.05, 0) is 38.4 Å². The van der Waals surface area contributed by atoms with E-state index >= 15 is 0 Å². The molecule has 3 aromatic rings. The average Bonchev–Trinajstić information content (AvgIpc) is 2.89. The Morgan fingerprint density at radius 2 is 1.84 bits per heavy atom. The van der Waals surface area contributed by atoms with Crippen molar-refractivity contribution < 1.29 is 0 Å². The lowest BCUT2D eigenvalue weighted by Crippen LogP contribution is -2.30. The SMILES string of the molecule is CC(c1nc2scc(-c3ccccc3)c2c(=O)[nH]1)N1CCCCCC1. The minimum absolute atomic E-state index is 0.0261. The summed E-state index contributed by atoms with van der Waals surface area (Å²) in [4.78, 5) is 24.0. The first-order valence-electron chi connectivity index (χ1n) is 9.05. The van der Waals surface area contributed by atoms with E-state index in [0.29, 0.717) is 5.39 Å². The van der Waals surface area contributed by atoms with E-state index in [2.05, 4.69) is 16.8 Å². The molecule has 5 heteroatoms. The number of hydrogen-bond donors (Lipinski definition) is 1. The third-order valence-corrected chi connectivity index (χ3v) is 6.00. The van der Waals surface area contributed by atoms with Crippen molar-refractivity contribution >= 4 is 21.6 Å². The Morgan fingerprint density at radius 3 is 2.56 bits per heavy atom. The van der Waals surface area contributed by atoms with E-state index in [-0.39, 0.29) is 11.6 Å². The zero-order valence-electron chi connectivity index (χ0n) is 14.5. The first kappa shape index (κ1) is 16.5. The monoisotopic (exact) mass is 353 g/mol. The molecule has 1 aromatic carbocycles. The second kappa shape index (κ2) is 7.10. The van der Waals surface area contributed by atoms with E-state index in [1.54, 1.807) is 11.3 Å². The molecular weight excluding hydrogens is 330 g/mol. The molecule has 1 aliphatic heterocycles. The molecule has 3 heterocycles. The van der Waals surface area contributed by atoms with Crippen LogP contribution in [0.2, 0.25) is 0 Å². The molecule has 1 atom stereocenters. The van der Waals surface area contributed by atoms with Crippen LogP contribution in [0.4, 0.5) is 0 Å². The van der Waals surface area contributed by atoms with Gasteiger partial charge in [-0.15, -0.1) is 11.3 Å². The van der Waals surface area contributed by atoms with Crippen LogP contribution >= 0.6 is 11.3 Å². The highest BCUT2D eigenvalue weighted by atomic mass is 32.1. The Hall–Kier alpha value is -1.98. The van der Waals surface area contributed by atoms with Gasteiger partial charge < -0.3 is 4.98 Å². The molecule has 2 aromatic heterocycles. The quantitative estimate of drug-likeness (QED) is 0.749. The molecule has 0 saturated carbocycles. The topological polar surface area (TPSA) is 49.0 Å². The Balaban J connectivity index is 1.72. The number of rotatable bonds is 3. The summed E-state index contributed by atoms with van der Waals surface area (Å²) in [5.41, 5.74) is 2.01. The molecule has 4 rings (SSSR count). The first-order chi connectivity index (χ1) is 12.2. The van der Waals surface area contributed by atoms with Gasteiger partial charge in [0.05, 0.1) is 11.4 Å². The van der Waals surface area contributed by atoms with Crippen LogP contribution < -0.4 is 5.56 Å². The number of thiophene rings is 1. The molecule has 1 fully saturated rings. The third-order valence-electron chi connectivity index (χ3n) is 5.13.